The summed E-state index contributed by atoms with van der Waals surface area (Å²) in [7, 11) is -2.11. The quantitative estimate of drug-likeness (QED) is 0.0704. The van der Waals surface area contributed by atoms with Crippen LogP contribution < -0.4 is 0 Å². The monoisotopic (exact) mass is 813 g/mol. The largest absolute Gasteiger partial charge is 0.444 e. The van der Waals surface area contributed by atoms with Gasteiger partial charge in [-0.2, -0.15) is 8.42 Å². The highest BCUT2D eigenvalue weighted by molar-refractivity contribution is 7.86. The summed E-state index contributed by atoms with van der Waals surface area (Å²) in [4.78, 5) is 13.5. The van der Waals surface area contributed by atoms with Crippen molar-refractivity contribution in [3.8, 4) is 0 Å². The molecule has 0 saturated carbocycles. The maximum absolute atomic E-state index is 12.1. The summed E-state index contributed by atoms with van der Waals surface area (Å²) in [6.45, 7) is 17.3. The molecule has 0 saturated heterocycles. The molecule has 18 heteroatoms. The highest BCUT2D eigenvalue weighted by Crippen LogP contribution is 2.13. The van der Waals surface area contributed by atoms with Crippen LogP contribution in [0.15, 0.2) is 29.2 Å². The lowest BCUT2D eigenvalue weighted by atomic mass is 10.2. The highest BCUT2D eigenvalue weighted by Gasteiger charge is 2.19. The first kappa shape index (κ1) is 51.0. The number of carbonyl (C=O) groups is 1. The number of nitrogens with zero attached hydrogens (tertiary/aromatic N) is 1. The summed E-state index contributed by atoms with van der Waals surface area (Å²) >= 11 is 0. The molecule has 17 nitrogen and oxygen atoms in total. The standard InChI is InChI=1S/C37H67NO16S/c1-34-6-8-35(9-7-34)55(40,41)53-33-32-52-31-30-51-29-28-50-27-26-49-25-24-48-23-22-47-21-20-46-19-18-45-17-16-44-15-14-43-13-12-42-11-10-38(5)36(39)54-37(2,3)4/h6-9H,10-33H2,1-5H3. The second-order valence-corrected chi connectivity index (χ2v) is 14.3. The van der Waals surface area contributed by atoms with Crippen molar-refractivity contribution in [1.82, 2.24) is 4.90 Å². The zero-order valence-electron chi connectivity index (χ0n) is 33.7. The second-order valence-electron chi connectivity index (χ2n) is 12.7. The van der Waals surface area contributed by atoms with Crippen LogP contribution in [0.3, 0.4) is 0 Å². The Morgan fingerprint density at radius 2 is 0.764 bits per heavy atom. The Hall–Kier alpha value is -2.04. The molecule has 322 valence electrons. The predicted molar refractivity (Wildman–Crippen MR) is 202 cm³/mol. The van der Waals surface area contributed by atoms with Gasteiger partial charge in [0.15, 0.2) is 0 Å². The third-order valence-electron chi connectivity index (χ3n) is 6.77. The number of rotatable bonds is 38. The van der Waals surface area contributed by atoms with Crippen LogP contribution in [-0.4, -0.2) is 191 Å². The van der Waals surface area contributed by atoms with Crippen LogP contribution in [0.2, 0.25) is 0 Å². The van der Waals surface area contributed by atoms with Crippen molar-refractivity contribution in [2.45, 2.75) is 38.2 Å². The summed E-state index contributed by atoms with van der Waals surface area (Å²) in [5, 5.41) is 0. The van der Waals surface area contributed by atoms with Gasteiger partial charge in [-0.1, -0.05) is 17.7 Å². The number of aryl methyl sites for hydroxylation is 1. The zero-order chi connectivity index (χ0) is 40.3. The fraction of sp³-hybridized carbons (Fsp3) is 0.811. The Morgan fingerprint density at radius 3 is 1.05 bits per heavy atom. The molecule has 0 heterocycles. The second kappa shape index (κ2) is 34.0. The predicted octanol–water partition coefficient (Wildman–Crippen LogP) is 2.75. The first-order chi connectivity index (χ1) is 26.5. The molecule has 1 amide bonds. The van der Waals surface area contributed by atoms with Crippen LogP contribution in [0, 0.1) is 6.92 Å². The van der Waals surface area contributed by atoms with Crippen LogP contribution in [0.4, 0.5) is 4.79 Å². The van der Waals surface area contributed by atoms with Crippen LogP contribution in [0.1, 0.15) is 26.3 Å². The van der Waals surface area contributed by atoms with E-state index in [0.717, 1.165) is 5.56 Å². The molecular weight excluding hydrogens is 746 g/mol. The number of ether oxygens (including phenoxy) is 12. The molecule has 0 radical (unpaired) electrons. The molecule has 1 aromatic rings. The summed E-state index contributed by atoms with van der Waals surface area (Å²) in [6, 6.07) is 6.47. The first-order valence-electron chi connectivity index (χ1n) is 18.8. The Morgan fingerprint density at radius 1 is 0.491 bits per heavy atom. The van der Waals surface area contributed by atoms with Crippen molar-refractivity contribution in [2.75, 3.05) is 166 Å². The molecule has 1 rings (SSSR count). The lowest BCUT2D eigenvalue weighted by molar-refractivity contribution is -0.0279. The van der Waals surface area contributed by atoms with Gasteiger partial charge in [0.05, 0.1) is 157 Å². The number of hydrogen-bond acceptors (Lipinski definition) is 16. The van der Waals surface area contributed by atoms with Crippen LogP contribution >= 0.6 is 0 Å². The molecule has 0 aliphatic heterocycles. The summed E-state index contributed by atoms with van der Waals surface area (Å²) < 4.78 is 94.5. The number of benzene rings is 1. The Labute approximate surface area is 328 Å². The van der Waals surface area contributed by atoms with E-state index in [0.29, 0.717) is 145 Å². The third-order valence-corrected chi connectivity index (χ3v) is 8.10. The van der Waals surface area contributed by atoms with E-state index < -0.39 is 15.7 Å². The SMILES string of the molecule is Cc1ccc(S(=O)(=O)OCCOCCOCCOCCOCCOCCOCCOCCOCCOCCOCCOCCN(C)C(=O)OC(C)(C)C)cc1. The lowest BCUT2D eigenvalue weighted by Crippen LogP contribution is -2.36. The van der Waals surface area contributed by atoms with E-state index in [4.69, 9.17) is 61.0 Å². The third kappa shape index (κ3) is 32.7. The molecule has 0 spiro atoms. The summed E-state index contributed by atoms with van der Waals surface area (Å²) in [5.74, 6) is 0. The van der Waals surface area contributed by atoms with E-state index in [1.807, 2.05) is 27.7 Å². The molecule has 0 bridgehead atoms. The van der Waals surface area contributed by atoms with Gasteiger partial charge in [0, 0.05) is 13.6 Å². The maximum atomic E-state index is 12.1. The van der Waals surface area contributed by atoms with Gasteiger partial charge in [-0.15, -0.1) is 0 Å². The van der Waals surface area contributed by atoms with Gasteiger partial charge >= 0.3 is 6.09 Å². The lowest BCUT2D eigenvalue weighted by Gasteiger charge is -2.24. The van der Waals surface area contributed by atoms with E-state index in [2.05, 4.69) is 0 Å². The van der Waals surface area contributed by atoms with Gasteiger partial charge in [-0.05, 0) is 39.8 Å². The minimum Gasteiger partial charge on any atom is -0.444 e. The van der Waals surface area contributed by atoms with E-state index in [1.54, 1.807) is 19.2 Å². The van der Waals surface area contributed by atoms with E-state index in [1.165, 1.54) is 17.0 Å². The van der Waals surface area contributed by atoms with E-state index in [9.17, 15) is 13.2 Å². The van der Waals surface area contributed by atoms with Crippen molar-refractivity contribution in [2.24, 2.45) is 0 Å². The van der Waals surface area contributed by atoms with Gasteiger partial charge in [0.25, 0.3) is 10.1 Å². The molecular formula is C37H67NO16S. The van der Waals surface area contributed by atoms with Crippen molar-refractivity contribution >= 4 is 16.2 Å². The molecule has 55 heavy (non-hydrogen) atoms. The van der Waals surface area contributed by atoms with Crippen molar-refractivity contribution in [3.05, 3.63) is 29.8 Å². The van der Waals surface area contributed by atoms with Crippen molar-refractivity contribution < 1.29 is 74.2 Å². The summed E-state index contributed by atoms with van der Waals surface area (Å²) in [6.07, 6.45) is -0.371. The van der Waals surface area contributed by atoms with Gasteiger partial charge < -0.3 is 61.7 Å². The van der Waals surface area contributed by atoms with Gasteiger partial charge in [-0.25, -0.2) is 4.79 Å². The highest BCUT2D eigenvalue weighted by atomic mass is 32.2. The average molecular weight is 814 g/mol. The van der Waals surface area contributed by atoms with Crippen LogP contribution in [-0.2, 0) is 71.1 Å². The molecule has 0 aliphatic carbocycles. The average Bonchev–Trinajstić information content (AvgIpc) is 3.14. The molecule has 0 unspecified atom stereocenters. The fourth-order valence-electron chi connectivity index (χ4n) is 3.91. The van der Waals surface area contributed by atoms with Crippen LogP contribution in [0.5, 0.6) is 0 Å². The number of amides is 1. The molecule has 0 fully saturated rings. The van der Waals surface area contributed by atoms with E-state index in [-0.39, 0.29) is 24.2 Å². The first-order valence-corrected chi connectivity index (χ1v) is 20.2. The number of hydrogen-bond donors (Lipinski definition) is 0. The summed E-state index contributed by atoms with van der Waals surface area (Å²) in [5.41, 5.74) is 0.453. The number of carbonyl (C=O) groups excluding carboxylic acids is 1. The van der Waals surface area contributed by atoms with Gasteiger partial charge in [0.1, 0.15) is 5.60 Å². The normalized spacial score (nSPS) is 12.0. The maximum Gasteiger partial charge on any atom is 0.410 e. The van der Waals surface area contributed by atoms with E-state index >= 15 is 0 Å². The Kier molecular flexibility index (Phi) is 31.6. The minimum absolute atomic E-state index is 0.0652. The van der Waals surface area contributed by atoms with Gasteiger partial charge in [-0.3, -0.25) is 4.18 Å². The van der Waals surface area contributed by atoms with Crippen molar-refractivity contribution in [3.63, 3.8) is 0 Å². The molecule has 0 atom stereocenters. The zero-order valence-corrected chi connectivity index (χ0v) is 34.5. The Balaban J connectivity index is 1.69. The van der Waals surface area contributed by atoms with Crippen molar-refractivity contribution in [1.29, 1.82) is 0 Å². The molecule has 0 aromatic heterocycles. The smallest absolute Gasteiger partial charge is 0.410 e. The molecule has 0 N–H and O–H groups in total. The molecule has 0 aliphatic rings. The van der Waals surface area contributed by atoms with Gasteiger partial charge in [0.2, 0.25) is 0 Å². The topological polar surface area (TPSA) is 174 Å². The molecule has 1 aromatic carbocycles. The fourth-order valence-corrected chi connectivity index (χ4v) is 4.80. The Bertz CT molecular complexity index is 1140. The minimum atomic E-state index is -3.78. The van der Waals surface area contributed by atoms with Crippen LogP contribution in [0.25, 0.3) is 0 Å². The number of likely N-dealkylation sites (N-methyl/N-ethyl adjacent to an activating group) is 1.